The van der Waals surface area contributed by atoms with Crippen molar-refractivity contribution < 1.29 is 43.8 Å². The average Bonchev–Trinajstić information content (AvgIpc) is 3.39. The van der Waals surface area contributed by atoms with Crippen molar-refractivity contribution in [2.24, 2.45) is 11.5 Å². The normalized spacial score (nSPS) is 19.4. The number of amides is 6. The maximum atomic E-state index is 14.3. The second-order valence-corrected chi connectivity index (χ2v) is 16.1. The number of piperidine rings is 1. The van der Waals surface area contributed by atoms with Crippen LogP contribution in [-0.4, -0.2) is 154 Å². The van der Waals surface area contributed by atoms with Crippen LogP contribution in [0.2, 0.25) is 0 Å². The summed E-state index contributed by atoms with van der Waals surface area (Å²) >= 11 is 1.26. The number of aliphatic hydroxyl groups excluding tert-OH is 1. The number of carbonyl (C=O) groups excluding carboxylic acids is 6. The molecule has 2 aromatic carbocycles. The number of nitrogens with one attached hydrogen (secondary N) is 3. The van der Waals surface area contributed by atoms with Gasteiger partial charge in [-0.05, 0) is 63.3 Å². The lowest BCUT2D eigenvalue weighted by Gasteiger charge is -2.43. The Morgan fingerprint density at radius 3 is 2.32 bits per heavy atom. The second kappa shape index (κ2) is 20.7. The summed E-state index contributed by atoms with van der Waals surface area (Å²) < 4.78 is 0. The van der Waals surface area contributed by atoms with Crippen LogP contribution in [0.15, 0.2) is 59.5 Å². The van der Waals surface area contributed by atoms with E-state index in [1.165, 1.54) is 16.7 Å². The van der Waals surface area contributed by atoms with Crippen LogP contribution in [0.25, 0.3) is 0 Å². The van der Waals surface area contributed by atoms with Crippen LogP contribution >= 0.6 is 11.8 Å². The van der Waals surface area contributed by atoms with Gasteiger partial charge in [-0.15, -0.1) is 11.8 Å². The molecular formula is C40H55N9O9S. The van der Waals surface area contributed by atoms with Gasteiger partial charge in [0.15, 0.2) is 0 Å². The maximum absolute atomic E-state index is 14.3. The molecule has 0 unspecified atom stereocenters. The summed E-state index contributed by atoms with van der Waals surface area (Å²) in [5.74, 6) is -4.42. The summed E-state index contributed by atoms with van der Waals surface area (Å²) in [4.78, 5) is 99.2. The van der Waals surface area contributed by atoms with Crippen LogP contribution in [0.3, 0.4) is 0 Å². The maximum Gasteiger partial charge on any atom is 0.323 e. The minimum atomic E-state index is -1.48. The van der Waals surface area contributed by atoms with Gasteiger partial charge in [-0.25, -0.2) is 0 Å². The Balaban J connectivity index is 1.22. The van der Waals surface area contributed by atoms with Gasteiger partial charge < -0.3 is 47.4 Å². The highest BCUT2D eigenvalue weighted by Crippen LogP contribution is 2.37. The number of aliphatic carboxylic acids is 1. The molecule has 4 atom stereocenters. The molecule has 59 heavy (non-hydrogen) atoms. The summed E-state index contributed by atoms with van der Waals surface area (Å²) in [7, 11) is 0. The van der Waals surface area contributed by atoms with Crippen molar-refractivity contribution in [3.05, 3.63) is 60.2 Å². The third-order valence-corrected chi connectivity index (χ3v) is 12.1. The molecule has 2 fully saturated rings. The molecule has 19 heteroatoms. The predicted molar refractivity (Wildman–Crippen MR) is 219 cm³/mol. The molecule has 3 aliphatic rings. The molecule has 0 aromatic heterocycles. The van der Waals surface area contributed by atoms with Crippen LogP contribution in [0.4, 0.5) is 5.69 Å². The van der Waals surface area contributed by atoms with Gasteiger partial charge in [0.05, 0.1) is 25.0 Å². The number of rotatable bonds is 18. The monoisotopic (exact) mass is 837 g/mol. The Morgan fingerprint density at radius 1 is 0.949 bits per heavy atom. The number of carboxylic acid groups (broad SMARTS) is 1. The fourth-order valence-corrected chi connectivity index (χ4v) is 8.78. The zero-order valence-corrected chi connectivity index (χ0v) is 34.0. The summed E-state index contributed by atoms with van der Waals surface area (Å²) in [6.45, 7) is 1.28. The van der Waals surface area contributed by atoms with E-state index in [1.807, 2.05) is 35.2 Å². The topological polar surface area (TPSA) is 261 Å². The molecule has 0 bridgehead atoms. The smallest absolute Gasteiger partial charge is 0.323 e. The Kier molecular flexibility index (Phi) is 15.8. The molecule has 3 aliphatic heterocycles. The molecule has 3 heterocycles. The number of carbonyl (C=O) groups is 7. The van der Waals surface area contributed by atoms with Gasteiger partial charge in [0, 0.05) is 30.3 Å². The first-order valence-electron chi connectivity index (χ1n) is 19.9. The number of nitrogens with zero attached hydrogens (tertiary/aromatic N) is 4. The summed E-state index contributed by atoms with van der Waals surface area (Å²) in [5.41, 5.74) is 12.0. The van der Waals surface area contributed by atoms with E-state index in [4.69, 9.17) is 11.5 Å². The van der Waals surface area contributed by atoms with E-state index in [0.717, 1.165) is 16.9 Å². The van der Waals surface area contributed by atoms with Crippen LogP contribution in [0, 0.1) is 0 Å². The van der Waals surface area contributed by atoms with Crippen LogP contribution in [0.5, 0.6) is 0 Å². The first kappa shape index (κ1) is 45.0. The van der Waals surface area contributed by atoms with Gasteiger partial charge >= 0.3 is 5.97 Å². The molecular weight excluding hydrogens is 783 g/mol. The quantitative estimate of drug-likeness (QED) is 0.0876. The molecule has 2 saturated heterocycles. The number of carboxylic acids is 1. The Labute approximate surface area is 347 Å². The average molecular weight is 838 g/mol. The van der Waals surface area contributed by atoms with Crippen molar-refractivity contribution in [1.29, 1.82) is 0 Å². The van der Waals surface area contributed by atoms with Crippen molar-refractivity contribution in [2.75, 3.05) is 63.2 Å². The number of thioether (sulfide) groups is 1. The zero-order chi connectivity index (χ0) is 42.7. The van der Waals surface area contributed by atoms with Gasteiger partial charge in [0.25, 0.3) is 5.91 Å². The van der Waals surface area contributed by atoms with Gasteiger partial charge in [-0.3, -0.25) is 43.4 Å². The number of fused-ring (bicyclic) bond motifs is 1. The zero-order valence-electron chi connectivity index (χ0n) is 33.2. The first-order valence-corrected chi connectivity index (χ1v) is 20.8. The minimum absolute atomic E-state index is 0.0767. The Morgan fingerprint density at radius 2 is 1.64 bits per heavy atom. The molecule has 18 nitrogen and oxygen atoms in total. The third-order valence-electron chi connectivity index (χ3n) is 11.0. The van der Waals surface area contributed by atoms with Crippen molar-refractivity contribution in [3.8, 4) is 0 Å². The van der Waals surface area contributed by atoms with E-state index < -0.39 is 79.0 Å². The molecule has 0 radical (unpaired) electrons. The molecule has 2 aromatic rings. The summed E-state index contributed by atoms with van der Waals surface area (Å²) in [6, 6.07) is 12.3. The lowest BCUT2D eigenvalue weighted by molar-refractivity contribution is -0.143. The fraction of sp³-hybridized carbons (Fsp3) is 0.525. The number of benzene rings is 2. The van der Waals surface area contributed by atoms with E-state index in [9.17, 15) is 43.8 Å². The van der Waals surface area contributed by atoms with E-state index in [2.05, 4.69) is 16.0 Å². The Hall–Kier alpha value is -5.08. The van der Waals surface area contributed by atoms with Crippen LogP contribution in [0.1, 0.15) is 44.6 Å². The summed E-state index contributed by atoms with van der Waals surface area (Å²) in [5, 5.41) is 27.4. The lowest BCUT2D eigenvalue weighted by Crippen LogP contribution is -2.60. The molecule has 9 N–H and O–H groups in total. The van der Waals surface area contributed by atoms with Gasteiger partial charge in [-0.1, -0.05) is 48.9 Å². The number of aliphatic hydroxyl groups is 1. The predicted octanol–water partition coefficient (Wildman–Crippen LogP) is -1.16. The van der Waals surface area contributed by atoms with E-state index >= 15 is 0 Å². The molecule has 0 saturated carbocycles. The first-order chi connectivity index (χ1) is 28.3. The number of nitrogens with two attached hydrogens (primary N) is 2. The van der Waals surface area contributed by atoms with Gasteiger partial charge in [0.1, 0.15) is 36.8 Å². The third kappa shape index (κ3) is 11.2. The van der Waals surface area contributed by atoms with Gasteiger partial charge in [-0.2, -0.15) is 0 Å². The van der Waals surface area contributed by atoms with Crippen LogP contribution < -0.4 is 32.3 Å². The molecule has 320 valence electrons. The lowest BCUT2D eigenvalue weighted by atomic mass is 9.85. The molecule has 6 amide bonds. The van der Waals surface area contributed by atoms with E-state index in [0.29, 0.717) is 42.9 Å². The Bertz CT molecular complexity index is 1850. The number of unbranched alkanes of at least 4 members (excludes halogenated alkanes) is 1. The van der Waals surface area contributed by atoms with E-state index in [1.54, 1.807) is 36.1 Å². The highest BCUT2D eigenvalue weighted by atomic mass is 32.2. The molecule has 1 spiro atoms. The molecule has 5 rings (SSSR count). The standard InChI is InChI=1S/C40H55N9O9S/c1-26(43-35(54)28(42)11-7-8-17-41)37(56)46-19-15-40(16-20-46)39(58)47(25-48(40)18-14-27-9-3-2-4-10-27)21-33(51)44-29(23-50)36(55)45-30-24-59-32-13-6-5-12-31(32)49(38(30)57)22-34(52)53/h2-6,9-10,12-13,26,28-30,50H,7-8,11,14-25,41-42H2,1H3,(H,43,54)(H,44,51)(H,45,55)(H,52,53)/t26-,28-,29-,30+/m0/s1. The highest BCUT2D eigenvalue weighted by molar-refractivity contribution is 7.99. The fourth-order valence-electron chi connectivity index (χ4n) is 7.71. The number of likely N-dealkylation sites (tertiary alicyclic amines) is 1. The van der Waals surface area contributed by atoms with Crippen molar-refractivity contribution in [3.63, 3.8) is 0 Å². The van der Waals surface area contributed by atoms with Crippen molar-refractivity contribution >= 4 is 58.9 Å². The highest BCUT2D eigenvalue weighted by Gasteiger charge is 2.54. The molecule has 0 aliphatic carbocycles. The number of anilines is 1. The number of hydrogen-bond acceptors (Lipinski definition) is 12. The largest absolute Gasteiger partial charge is 0.480 e. The van der Waals surface area contributed by atoms with Crippen LogP contribution in [-0.2, 0) is 40.0 Å². The van der Waals surface area contributed by atoms with Crippen molar-refractivity contribution in [1.82, 2.24) is 30.7 Å². The van der Waals surface area contributed by atoms with Gasteiger partial charge in [0.2, 0.25) is 29.5 Å². The SMILES string of the molecule is C[C@H](NC(=O)[C@@H](N)CCCCN)C(=O)N1CCC2(CC1)C(=O)N(CC(=O)N[C@@H](CO)C(=O)N[C@@H]1CSc3ccccc3N(CC(=O)O)C1=O)CN2CCc1ccccc1. The number of hydrogen-bond donors (Lipinski definition) is 7. The summed E-state index contributed by atoms with van der Waals surface area (Å²) in [6.07, 6.45) is 3.06. The second-order valence-electron chi connectivity index (χ2n) is 15.1. The minimum Gasteiger partial charge on any atom is -0.480 e. The number of para-hydroxylation sites is 1. The van der Waals surface area contributed by atoms with Crippen molar-refractivity contribution in [2.45, 2.75) is 80.1 Å². The van der Waals surface area contributed by atoms with E-state index in [-0.39, 0.29) is 50.2 Å².